The Morgan fingerprint density at radius 1 is 1.33 bits per heavy atom. The van der Waals surface area contributed by atoms with E-state index >= 15 is 0 Å². The zero-order chi connectivity index (χ0) is 13.7. The molecule has 18 heavy (non-hydrogen) atoms. The molecule has 0 aliphatic carbocycles. The zero-order valence-electron chi connectivity index (χ0n) is 9.48. The van der Waals surface area contributed by atoms with E-state index in [4.69, 9.17) is 22.1 Å². The van der Waals surface area contributed by atoms with E-state index in [9.17, 15) is 14.4 Å². The van der Waals surface area contributed by atoms with Gasteiger partial charge in [0.15, 0.2) is 6.10 Å². The fourth-order valence-corrected chi connectivity index (χ4v) is 1.34. The maximum atomic E-state index is 11.7. The zero-order valence-corrected chi connectivity index (χ0v) is 10.2. The molecule has 1 aromatic rings. The second kappa shape index (κ2) is 6.02. The van der Waals surface area contributed by atoms with Gasteiger partial charge in [0.25, 0.3) is 5.91 Å². The van der Waals surface area contributed by atoms with Crippen LogP contribution in [0.1, 0.15) is 17.3 Å². The second-order valence-corrected chi connectivity index (χ2v) is 3.79. The summed E-state index contributed by atoms with van der Waals surface area (Å²) >= 11 is 5.79. The average Bonchev–Trinajstić information content (AvgIpc) is 2.28. The molecule has 0 fully saturated rings. The normalized spacial score (nSPS) is 11.4. The Balaban J connectivity index is 2.68. The first-order chi connectivity index (χ1) is 8.41. The van der Waals surface area contributed by atoms with Crippen molar-refractivity contribution in [1.29, 1.82) is 0 Å². The molecule has 0 saturated heterocycles. The van der Waals surface area contributed by atoms with Gasteiger partial charge >= 0.3 is 12.0 Å². The SMILES string of the molecule is C[C@@H](OC(=O)c1ccccc1Cl)C(=O)NC(N)=O. The van der Waals surface area contributed by atoms with Gasteiger partial charge in [0.1, 0.15) is 0 Å². The minimum atomic E-state index is -1.15. The van der Waals surface area contributed by atoms with Gasteiger partial charge in [-0.15, -0.1) is 0 Å². The van der Waals surface area contributed by atoms with Gasteiger partial charge in [-0.1, -0.05) is 23.7 Å². The highest BCUT2D eigenvalue weighted by molar-refractivity contribution is 6.33. The lowest BCUT2D eigenvalue weighted by Crippen LogP contribution is -2.42. The summed E-state index contributed by atoms with van der Waals surface area (Å²) in [7, 11) is 0. The monoisotopic (exact) mass is 270 g/mol. The number of hydrogen-bond acceptors (Lipinski definition) is 4. The van der Waals surface area contributed by atoms with Crippen LogP contribution in [0.5, 0.6) is 0 Å². The summed E-state index contributed by atoms with van der Waals surface area (Å²) in [5.41, 5.74) is 4.90. The summed E-state index contributed by atoms with van der Waals surface area (Å²) in [4.78, 5) is 33.4. The number of urea groups is 1. The van der Waals surface area contributed by atoms with Gasteiger partial charge in [-0.05, 0) is 19.1 Å². The minimum Gasteiger partial charge on any atom is -0.449 e. The molecule has 0 aliphatic heterocycles. The van der Waals surface area contributed by atoms with Gasteiger partial charge < -0.3 is 10.5 Å². The molecular formula is C11H11ClN2O4. The Morgan fingerprint density at radius 2 is 1.94 bits per heavy atom. The van der Waals surface area contributed by atoms with Gasteiger partial charge in [-0.25, -0.2) is 9.59 Å². The first kappa shape index (κ1) is 14.0. The summed E-state index contributed by atoms with van der Waals surface area (Å²) in [6.45, 7) is 1.31. The maximum Gasteiger partial charge on any atom is 0.340 e. The summed E-state index contributed by atoms with van der Waals surface area (Å²) in [5.74, 6) is -1.56. The number of ether oxygens (including phenoxy) is 1. The Kier molecular flexibility index (Phi) is 4.67. The van der Waals surface area contributed by atoms with Gasteiger partial charge in [0.2, 0.25) is 0 Å². The molecule has 1 rings (SSSR count). The molecule has 7 heteroatoms. The van der Waals surface area contributed by atoms with E-state index in [2.05, 4.69) is 0 Å². The topological polar surface area (TPSA) is 98.5 Å². The lowest BCUT2D eigenvalue weighted by molar-refractivity contribution is -0.127. The molecule has 0 bridgehead atoms. The first-order valence-corrected chi connectivity index (χ1v) is 5.35. The lowest BCUT2D eigenvalue weighted by Gasteiger charge is -2.12. The highest BCUT2D eigenvalue weighted by Crippen LogP contribution is 2.16. The largest absolute Gasteiger partial charge is 0.449 e. The van der Waals surface area contributed by atoms with E-state index in [-0.39, 0.29) is 10.6 Å². The lowest BCUT2D eigenvalue weighted by atomic mass is 10.2. The highest BCUT2D eigenvalue weighted by Gasteiger charge is 2.21. The Morgan fingerprint density at radius 3 is 2.50 bits per heavy atom. The number of amides is 3. The first-order valence-electron chi connectivity index (χ1n) is 4.97. The number of carbonyl (C=O) groups excluding carboxylic acids is 3. The molecular weight excluding hydrogens is 260 g/mol. The minimum absolute atomic E-state index is 0.137. The van der Waals surface area contributed by atoms with Crippen molar-refractivity contribution in [2.75, 3.05) is 0 Å². The Bertz CT molecular complexity index is 490. The molecule has 0 saturated carbocycles. The third-order valence-electron chi connectivity index (χ3n) is 1.99. The van der Waals surface area contributed by atoms with E-state index < -0.39 is 24.0 Å². The van der Waals surface area contributed by atoms with Crippen molar-refractivity contribution in [1.82, 2.24) is 5.32 Å². The summed E-state index contributed by atoms with van der Waals surface area (Å²) < 4.78 is 4.84. The molecule has 0 aliphatic rings. The van der Waals surface area contributed by atoms with E-state index in [1.54, 1.807) is 17.4 Å². The van der Waals surface area contributed by atoms with Crippen molar-refractivity contribution in [3.63, 3.8) is 0 Å². The predicted molar refractivity (Wildman–Crippen MR) is 64.1 cm³/mol. The predicted octanol–water partition coefficient (Wildman–Crippen LogP) is 1.08. The molecule has 6 nitrogen and oxygen atoms in total. The van der Waals surface area contributed by atoms with E-state index in [0.29, 0.717) is 0 Å². The van der Waals surface area contributed by atoms with Crippen molar-refractivity contribution in [3.8, 4) is 0 Å². The van der Waals surface area contributed by atoms with Crippen LogP contribution in [-0.4, -0.2) is 24.0 Å². The molecule has 0 aromatic heterocycles. The number of nitrogens with one attached hydrogen (secondary N) is 1. The Hall–Kier alpha value is -2.08. The summed E-state index contributed by atoms with van der Waals surface area (Å²) in [6, 6.07) is 5.23. The van der Waals surface area contributed by atoms with Crippen LogP contribution >= 0.6 is 11.6 Å². The fourth-order valence-electron chi connectivity index (χ4n) is 1.13. The van der Waals surface area contributed by atoms with Gasteiger partial charge in [0.05, 0.1) is 10.6 Å². The molecule has 3 amide bonds. The van der Waals surface area contributed by atoms with Crippen molar-refractivity contribution in [2.45, 2.75) is 13.0 Å². The quantitative estimate of drug-likeness (QED) is 0.803. The van der Waals surface area contributed by atoms with E-state index in [0.717, 1.165) is 0 Å². The standard InChI is InChI=1S/C11H11ClN2O4/c1-6(9(15)14-11(13)17)18-10(16)7-4-2-3-5-8(7)12/h2-6H,1H3,(H3,13,14,15,17)/t6-/m1/s1. The summed E-state index contributed by atoms with van der Waals surface area (Å²) in [6.07, 6.45) is -1.15. The van der Waals surface area contributed by atoms with Crippen LogP contribution < -0.4 is 11.1 Å². The average molecular weight is 271 g/mol. The number of primary amides is 1. The van der Waals surface area contributed by atoms with Gasteiger partial charge in [-0.3, -0.25) is 10.1 Å². The molecule has 0 heterocycles. The smallest absolute Gasteiger partial charge is 0.340 e. The number of esters is 1. The third-order valence-corrected chi connectivity index (χ3v) is 2.32. The van der Waals surface area contributed by atoms with Crippen LogP contribution in [0.25, 0.3) is 0 Å². The molecule has 0 spiro atoms. The number of carbonyl (C=O) groups is 3. The van der Waals surface area contributed by atoms with Gasteiger partial charge in [-0.2, -0.15) is 0 Å². The molecule has 0 unspecified atom stereocenters. The van der Waals surface area contributed by atoms with Crippen LogP contribution in [0, 0.1) is 0 Å². The third kappa shape index (κ3) is 3.74. The van der Waals surface area contributed by atoms with Crippen molar-refractivity contribution >= 4 is 29.5 Å². The molecule has 1 aromatic carbocycles. The molecule has 1 atom stereocenters. The van der Waals surface area contributed by atoms with Crippen LogP contribution in [0.15, 0.2) is 24.3 Å². The number of halogens is 1. The summed E-state index contributed by atoms with van der Waals surface area (Å²) in [5, 5.41) is 2.02. The fraction of sp³-hybridized carbons (Fsp3) is 0.182. The number of benzene rings is 1. The van der Waals surface area contributed by atoms with Crippen LogP contribution in [0.2, 0.25) is 5.02 Å². The Labute approximate surface area is 108 Å². The van der Waals surface area contributed by atoms with Crippen molar-refractivity contribution < 1.29 is 19.1 Å². The number of imide groups is 1. The van der Waals surface area contributed by atoms with Crippen LogP contribution in [0.3, 0.4) is 0 Å². The van der Waals surface area contributed by atoms with E-state index in [1.807, 2.05) is 0 Å². The highest BCUT2D eigenvalue weighted by atomic mass is 35.5. The van der Waals surface area contributed by atoms with Crippen LogP contribution in [-0.2, 0) is 9.53 Å². The van der Waals surface area contributed by atoms with E-state index in [1.165, 1.54) is 19.1 Å². The van der Waals surface area contributed by atoms with Gasteiger partial charge in [0, 0.05) is 0 Å². The maximum absolute atomic E-state index is 11.7. The molecule has 0 radical (unpaired) electrons. The molecule has 3 N–H and O–H groups in total. The molecule has 96 valence electrons. The number of rotatable bonds is 3. The van der Waals surface area contributed by atoms with Crippen molar-refractivity contribution in [3.05, 3.63) is 34.9 Å². The number of nitrogens with two attached hydrogens (primary N) is 1. The van der Waals surface area contributed by atoms with Crippen LogP contribution in [0.4, 0.5) is 4.79 Å². The number of hydrogen-bond donors (Lipinski definition) is 2. The van der Waals surface area contributed by atoms with Crippen molar-refractivity contribution in [2.24, 2.45) is 5.73 Å². The second-order valence-electron chi connectivity index (χ2n) is 3.38.